The second kappa shape index (κ2) is 7.45. The number of fused-ring (bicyclic) bond motifs is 2. The lowest BCUT2D eigenvalue weighted by molar-refractivity contribution is 0.136. The molecular weight excluding hydrogens is 448 g/mol. The Morgan fingerprint density at radius 3 is 2.73 bits per heavy atom. The molecule has 8 nitrogen and oxygen atoms in total. The lowest BCUT2D eigenvalue weighted by Gasteiger charge is -2.39. The predicted molar refractivity (Wildman–Crippen MR) is 113 cm³/mol. The minimum absolute atomic E-state index is 0.152. The molecule has 2 aromatic carbocycles. The highest BCUT2D eigenvalue weighted by atomic mass is 35.5. The highest BCUT2D eigenvalue weighted by molar-refractivity contribution is 7.89. The van der Waals surface area contributed by atoms with Gasteiger partial charge in [-0.15, -0.1) is 0 Å². The van der Waals surface area contributed by atoms with E-state index in [9.17, 15) is 13.2 Å². The van der Waals surface area contributed by atoms with Crippen LogP contribution in [0.15, 0.2) is 41.3 Å². The quantitative estimate of drug-likeness (QED) is 0.587. The first-order chi connectivity index (χ1) is 14.4. The Morgan fingerprint density at radius 2 is 1.93 bits per heavy atom. The van der Waals surface area contributed by atoms with Crippen molar-refractivity contribution in [3.8, 4) is 0 Å². The van der Waals surface area contributed by atoms with Gasteiger partial charge in [0.1, 0.15) is 22.5 Å². The van der Waals surface area contributed by atoms with Crippen LogP contribution in [0.25, 0.3) is 11.0 Å². The van der Waals surface area contributed by atoms with Gasteiger partial charge < -0.3 is 4.74 Å². The SMILES string of the molecule is O=C1OCc2cc(Cl)ccc2N1C1CCN(S(=O)(=O)c2cccc3nsnc23)CC1. The van der Waals surface area contributed by atoms with E-state index in [1.807, 2.05) is 6.07 Å². The van der Waals surface area contributed by atoms with Crippen LogP contribution in [0.5, 0.6) is 0 Å². The van der Waals surface area contributed by atoms with Gasteiger partial charge in [-0.1, -0.05) is 17.7 Å². The molecule has 2 aliphatic heterocycles. The Balaban J connectivity index is 1.38. The number of carbonyl (C=O) groups is 1. The van der Waals surface area contributed by atoms with Crippen molar-refractivity contribution in [3.05, 3.63) is 47.0 Å². The highest BCUT2D eigenvalue weighted by Crippen LogP contribution is 2.35. The van der Waals surface area contributed by atoms with Crippen molar-refractivity contribution in [2.75, 3.05) is 18.0 Å². The van der Waals surface area contributed by atoms with Gasteiger partial charge in [-0.2, -0.15) is 13.1 Å². The normalized spacial score (nSPS) is 18.4. The Labute approximate surface area is 182 Å². The molecular formula is C19H17ClN4O4S2. The Bertz CT molecular complexity index is 1240. The largest absolute Gasteiger partial charge is 0.444 e. The number of hydrogen-bond acceptors (Lipinski definition) is 7. The summed E-state index contributed by atoms with van der Waals surface area (Å²) in [6.45, 7) is 0.783. The number of rotatable bonds is 3. The van der Waals surface area contributed by atoms with Crippen molar-refractivity contribution in [1.82, 2.24) is 13.1 Å². The maximum Gasteiger partial charge on any atom is 0.414 e. The van der Waals surface area contributed by atoms with Crippen LogP contribution in [-0.4, -0.2) is 46.7 Å². The summed E-state index contributed by atoms with van der Waals surface area (Å²) in [6.07, 6.45) is 0.591. The van der Waals surface area contributed by atoms with Crippen LogP contribution in [-0.2, 0) is 21.4 Å². The summed E-state index contributed by atoms with van der Waals surface area (Å²) >= 11 is 7.06. The molecule has 1 saturated heterocycles. The lowest BCUT2D eigenvalue weighted by atomic mass is 10.0. The monoisotopic (exact) mass is 464 g/mol. The first kappa shape index (κ1) is 19.7. The molecule has 0 spiro atoms. The number of sulfonamides is 1. The molecule has 30 heavy (non-hydrogen) atoms. The number of carbonyl (C=O) groups excluding carboxylic acids is 1. The fourth-order valence-corrected chi connectivity index (χ4v) is 6.44. The van der Waals surface area contributed by atoms with E-state index in [1.165, 1.54) is 4.31 Å². The minimum atomic E-state index is -3.71. The molecule has 11 heteroatoms. The number of amides is 1. The number of nitrogens with zero attached hydrogens (tertiary/aromatic N) is 4. The summed E-state index contributed by atoms with van der Waals surface area (Å²) in [6, 6.07) is 10.2. The van der Waals surface area contributed by atoms with E-state index in [0.717, 1.165) is 23.0 Å². The van der Waals surface area contributed by atoms with Gasteiger partial charge in [-0.3, -0.25) is 4.90 Å². The van der Waals surface area contributed by atoms with E-state index >= 15 is 0 Å². The standard InChI is InChI=1S/C19H17ClN4O4S2/c20-13-4-5-16-12(10-13)11-28-19(25)24(16)14-6-8-23(9-7-14)30(26,27)17-3-1-2-15-18(17)22-29-21-15/h1-5,10,14H,6-9,11H2. The van der Waals surface area contributed by atoms with Crippen molar-refractivity contribution in [1.29, 1.82) is 0 Å². The Hall–Kier alpha value is -2.27. The van der Waals surface area contributed by atoms with Gasteiger partial charge in [0.2, 0.25) is 10.0 Å². The number of hydrogen-bond donors (Lipinski definition) is 0. The fourth-order valence-electron chi connectivity index (χ4n) is 4.03. The molecule has 0 saturated carbocycles. The van der Waals surface area contributed by atoms with Crippen molar-refractivity contribution in [2.24, 2.45) is 0 Å². The van der Waals surface area contributed by atoms with Gasteiger partial charge in [0.05, 0.1) is 17.4 Å². The number of aromatic nitrogens is 2. The summed E-state index contributed by atoms with van der Waals surface area (Å²) in [5.41, 5.74) is 2.59. The lowest BCUT2D eigenvalue weighted by Crippen LogP contribution is -2.50. The molecule has 0 unspecified atom stereocenters. The van der Waals surface area contributed by atoms with E-state index in [-0.39, 0.29) is 17.5 Å². The van der Waals surface area contributed by atoms with Gasteiger partial charge in [-0.25, -0.2) is 13.2 Å². The van der Waals surface area contributed by atoms with Crippen LogP contribution in [0.1, 0.15) is 18.4 Å². The van der Waals surface area contributed by atoms with Crippen molar-refractivity contribution in [2.45, 2.75) is 30.4 Å². The molecule has 0 bridgehead atoms. The number of piperidine rings is 1. The van der Waals surface area contributed by atoms with E-state index in [4.69, 9.17) is 16.3 Å². The molecule has 2 aliphatic rings. The number of benzene rings is 2. The second-order valence-corrected chi connectivity index (χ2v) is 10.1. The Kier molecular flexibility index (Phi) is 4.89. The third-order valence-electron chi connectivity index (χ3n) is 5.50. The van der Waals surface area contributed by atoms with Gasteiger partial charge in [-0.05, 0) is 43.2 Å². The second-order valence-electron chi connectivity index (χ2n) is 7.22. The number of cyclic esters (lactones) is 1. The van der Waals surface area contributed by atoms with Gasteiger partial charge in [0.15, 0.2) is 0 Å². The summed E-state index contributed by atoms with van der Waals surface area (Å²) in [5.74, 6) is 0. The van der Waals surface area contributed by atoms with Crippen molar-refractivity contribution in [3.63, 3.8) is 0 Å². The van der Waals surface area contributed by atoms with E-state index < -0.39 is 16.1 Å². The van der Waals surface area contributed by atoms with Crippen LogP contribution >= 0.6 is 23.3 Å². The molecule has 3 aromatic rings. The zero-order chi connectivity index (χ0) is 20.9. The molecule has 1 fully saturated rings. The van der Waals surface area contributed by atoms with Gasteiger partial charge in [0.25, 0.3) is 0 Å². The van der Waals surface area contributed by atoms with Crippen LogP contribution in [0.2, 0.25) is 5.02 Å². The maximum absolute atomic E-state index is 13.2. The Morgan fingerprint density at radius 1 is 1.13 bits per heavy atom. The third kappa shape index (κ3) is 3.24. The van der Waals surface area contributed by atoms with Crippen molar-refractivity contribution < 1.29 is 17.9 Å². The number of halogens is 1. The maximum atomic E-state index is 13.2. The molecule has 0 aliphatic carbocycles. The topological polar surface area (TPSA) is 92.7 Å². The van der Waals surface area contributed by atoms with E-state index in [1.54, 1.807) is 35.2 Å². The molecule has 0 atom stereocenters. The predicted octanol–water partition coefficient (Wildman–Crippen LogP) is 3.65. The molecule has 1 aromatic heterocycles. The van der Waals surface area contributed by atoms with Crippen LogP contribution in [0.3, 0.4) is 0 Å². The molecule has 0 N–H and O–H groups in total. The van der Waals surface area contributed by atoms with Gasteiger partial charge in [0, 0.05) is 29.7 Å². The zero-order valence-corrected chi connectivity index (χ0v) is 18.1. The first-order valence-electron chi connectivity index (χ1n) is 9.41. The fraction of sp³-hybridized carbons (Fsp3) is 0.316. The molecule has 5 rings (SSSR count). The smallest absolute Gasteiger partial charge is 0.414 e. The number of anilines is 1. The molecule has 0 radical (unpaired) electrons. The summed E-state index contributed by atoms with van der Waals surface area (Å²) in [4.78, 5) is 14.3. The average molecular weight is 465 g/mol. The molecule has 1 amide bonds. The van der Waals surface area contributed by atoms with Crippen LogP contribution in [0, 0.1) is 0 Å². The van der Waals surface area contributed by atoms with Crippen LogP contribution in [0.4, 0.5) is 10.5 Å². The number of ether oxygens (including phenoxy) is 1. The first-order valence-corrected chi connectivity index (χ1v) is 12.0. The van der Waals surface area contributed by atoms with Crippen LogP contribution < -0.4 is 4.90 Å². The molecule has 156 valence electrons. The molecule has 3 heterocycles. The van der Waals surface area contributed by atoms with Crippen molar-refractivity contribution >= 4 is 56.2 Å². The summed E-state index contributed by atoms with van der Waals surface area (Å²) < 4.78 is 41.5. The van der Waals surface area contributed by atoms with Gasteiger partial charge >= 0.3 is 6.09 Å². The van der Waals surface area contributed by atoms with E-state index in [0.29, 0.717) is 42.0 Å². The van der Waals surface area contributed by atoms with E-state index in [2.05, 4.69) is 8.75 Å². The third-order valence-corrected chi connectivity index (χ3v) is 8.21. The zero-order valence-electron chi connectivity index (χ0n) is 15.7. The average Bonchev–Trinajstić information content (AvgIpc) is 3.23. The summed E-state index contributed by atoms with van der Waals surface area (Å²) in [5, 5.41) is 0.582. The minimum Gasteiger partial charge on any atom is -0.444 e. The summed E-state index contributed by atoms with van der Waals surface area (Å²) in [7, 11) is -3.71. The highest BCUT2D eigenvalue weighted by Gasteiger charge is 2.37.